The van der Waals surface area contributed by atoms with Gasteiger partial charge in [-0.15, -0.1) is 0 Å². The van der Waals surface area contributed by atoms with Crippen LogP contribution in [0.1, 0.15) is 31.7 Å². The molecule has 0 bridgehead atoms. The van der Waals surface area contributed by atoms with E-state index in [-0.39, 0.29) is 5.82 Å². The van der Waals surface area contributed by atoms with Crippen molar-refractivity contribution in [3.63, 3.8) is 0 Å². The highest BCUT2D eigenvalue weighted by Gasteiger charge is 2.15. The Morgan fingerprint density at radius 1 is 1.35 bits per heavy atom. The van der Waals surface area contributed by atoms with E-state index in [4.69, 9.17) is 5.73 Å². The summed E-state index contributed by atoms with van der Waals surface area (Å²) in [5.74, 6) is 0.624. The molecular weight excluding hydrogens is 215 g/mol. The molecule has 2 nitrogen and oxygen atoms in total. The van der Waals surface area contributed by atoms with E-state index in [9.17, 15) is 4.39 Å². The summed E-state index contributed by atoms with van der Waals surface area (Å²) in [5.41, 5.74) is 6.80. The lowest BCUT2D eigenvalue weighted by Gasteiger charge is -2.20. The number of nitrogens with zero attached hydrogens (tertiary/aromatic N) is 1. The van der Waals surface area contributed by atoms with E-state index in [1.807, 2.05) is 0 Å². The summed E-state index contributed by atoms with van der Waals surface area (Å²) in [6.07, 6.45) is 3.73. The van der Waals surface area contributed by atoms with Crippen LogP contribution in [0, 0.1) is 11.7 Å². The molecule has 1 unspecified atom stereocenters. The van der Waals surface area contributed by atoms with Gasteiger partial charge in [0.1, 0.15) is 5.82 Å². The highest BCUT2D eigenvalue weighted by Crippen LogP contribution is 2.20. The zero-order valence-corrected chi connectivity index (χ0v) is 10.5. The molecule has 1 heterocycles. The van der Waals surface area contributed by atoms with Crippen molar-refractivity contribution >= 4 is 5.69 Å². The maximum absolute atomic E-state index is 13.7. The summed E-state index contributed by atoms with van der Waals surface area (Å²) in [6, 6.07) is 4.99. The van der Waals surface area contributed by atoms with Crippen molar-refractivity contribution in [3.05, 3.63) is 29.6 Å². The zero-order valence-electron chi connectivity index (χ0n) is 10.5. The summed E-state index contributed by atoms with van der Waals surface area (Å²) in [5, 5.41) is 0. The van der Waals surface area contributed by atoms with Crippen molar-refractivity contribution in [2.45, 2.75) is 32.7 Å². The Kier molecular flexibility index (Phi) is 4.00. The molecule has 94 valence electrons. The van der Waals surface area contributed by atoms with Crippen LogP contribution in [0.15, 0.2) is 18.2 Å². The molecule has 1 aliphatic heterocycles. The second kappa shape index (κ2) is 5.50. The number of rotatable bonds is 2. The maximum Gasteiger partial charge on any atom is 0.129 e. The summed E-state index contributed by atoms with van der Waals surface area (Å²) in [6.45, 7) is 5.16. The summed E-state index contributed by atoms with van der Waals surface area (Å²) in [7, 11) is 0. The number of likely N-dealkylation sites (tertiary alicyclic amines) is 1. The summed E-state index contributed by atoms with van der Waals surface area (Å²) in [4.78, 5) is 2.35. The van der Waals surface area contributed by atoms with Gasteiger partial charge in [-0.2, -0.15) is 0 Å². The number of halogens is 1. The van der Waals surface area contributed by atoms with Crippen molar-refractivity contribution < 1.29 is 4.39 Å². The predicted molar refractivity (Wildman–Crippen MR) is 69.1 cm³/mol. The molecule has 1 fully saturated rings. The van der Waals surface area contributed by atoms with Crippen molar-refractivity contribution in [2.75, 3.05) is 18.8 Å². The molecule has 1 aromatic rings. The Hall–Kier alpha value is -1.09. The molecule has 1 aliphatic rings. The first kappa shape index (κ1) is 12.4. The molecule has 0 saturated carbocycles. The Morgan fingerprint density at radius 2 is 2.18 bits per heavy atom. The minimum atomic E-state index is -0.178. The third-order valence-electron chi connectivity index (χ3n) is 3.58. The van der Waals surface area contributed by atoms with Crippen LogP contribution in [0.3, 0.4) is 0 Å². The number of nitrogen functional groups attached to an aromatic ring is 1. The van der Waals surface area contributed by atoms with E-state index in [1.54, 1.807) is 12.1 Å². The van der Waals surface area contributed by atoms with E-state index in [0.717, 1.165) is 24.6 Å². The molecule has 17 heavy (non-hydrogen) atoms. The monoisotopic (exact) mass is 236 g/mol. The maximum atomic E-state index is 13.7. The quantitative estimate of drug-likeness (QED) is 0.800. The first-order chi connectivity index (χ1) is 8.15. The van der Waals surface area contributed by atoms with Gasteiger partial charge in [-0.1, -0.05) is 13.0 Å². The average Bonchev–Trinajstić information content (AvgIpc) is 2.48. The van der Waals surface area contributed by atoms with Crippen LogP contribution in [-0.4, -0.2) is 18.0 Å². The molecule has 0 aromatic heterocycles. The number of benzene rings is 1. The number of nitrogens with two attached hydrogens (primary N) is 1. The highest BCUT2D eigenvalue weighted by atomic mass is 19.1. The van der Waals surface area contributed by atoms with E-state index in [1.165, 1.54) is 25.3 Å². The molecule has 0 spiro atoms. The van der Waals surface area contributed by atoms with Gasteiger partial charge < -0.3 is 5.73 Å². The molecule has 0 aliphatic carbocycles. The van der Waals surface area contributed by atoms with Gasteiger partial charge in [0.2, 0.25) is 0 Å². The molecule has 0 radical (unpaired) electrons. The lowest BCUT2D eigenvalue weighted by Crippen LogP contribution is -2.24. The molecular formula is C14H21FN2. The van der Waals surface area contributed by atoms with Crippen LogP contribution in [-0.2, 0) is 6.54 Å². The second-order valence-electron chi connectivity index (χ2n) is 5.16. The summed E-state index contributed by atoms with van der Waals surface area (Å²) < 4.78 is 13.7. The van der Waals surface area contributed by atoms with Gasteiger partial charge in [-0.05, 0) is 50.4 Å². The van der Waals surface area contributed by atoms with Gasteiger partial charge in [0.15, 0.2) is 0 Å². The SMILES string of the molecule is CC1CCCN(Cc2ccc(N)cc2F)CC1. The third kappa shape index (κ3) is 3.43. The fourth-order valence-corrected chi connectivity index (χ4v) is 2.41. The first-order valence-corrected chi connectivity index (χ1v) is 6.41. The van der Waals surface area contributed by atoms with Crippen LogP contribution < -0.4 is 5.73 Å². The van der Waals surface area contributed by atoms with Crippen LogP contribution in [0.25, 0.3) is 0 Å². The minimum absolute atomic E-state index is 0.178. The third-order valence-corrected chi connectivity index (χ3v) is 3.58. The molecule has 0 amide bonds. The van der Waals surface area contributed by atoms with E-state index in [0.29, 0.717) is 12.2 Å². The van der Waals surface area contributed by atoms with E-state index < -0.39 is 0 Å². The zero-order chi connectivity index (χ0) is 12.3. The standard InChI is InChI=1S/C14H21FN2/c1-11-3-2-7-17(8-6-11)10-12-4-5-13(16)9-14(12)15/h4-5,9,11H,2-3,6-8,10,16H2,1H3. The fourth-order valence-electron chi connectivity index (χ4n) is 2.41. The minimum Gasteiger partial charge on any atom is -0.399 e. The fraction of sp³-hybridized carbons (Fsp3) is 0.571. The normalized spacial score (nSPS) is 22.4. The number of hydrogen-bond donors (Lipinski definition) is 1. The molecule has 1 saturated heterocycles. The Morgan fingerprint density at radius 3 is 2.94 bits per heavy atom. The highest BCUT2D eigenvalue weighted by molar-refractivity contribution is 5.40. The lowest BCUT2D eigenvalue weighted by atomic mass is 10.0. The van der Waals surface area contributed by atoms with Gasteiger partial charge in [0.25, 0.3) is 0 Å². The Labute approximate surface area is 103 Å². The van der Waals surface area contributed by atoms with Crippen molar-refractivity contribution in [3.8, 4) is 0 Å². The summed E-state index contributed by atoms with van der Waals surface area (Å²) >= 11 is 0. The van der Waals surface area contributed by atoms with Gasteiger partial charge in [-0.25, -0.2) is 4.39 Å². The van der Waals surface area contributed by atoms with Crippen molar-refractivity contribution in [2.24, 2.45) is 5.92 Å². The Balaban J connectivity index is 2.00. The van der Waals surface area contributed by atoms with Gasteiger partial charge in [-0.3, -0.25) is 4.90 Å². The molecule has 1 atom stereocenters. The Bertz CT molecular complexity index is 378. The average molecular weight is 236 g/mol. The topological polar surface area (TPSA) is 29.3 Å². The largest absolute Gasteiger partial charge is 0.399 e. The number of hydrogen-bond acceptors (Lipinski definition) is 2. The molecule has 1 aromatic carbocycles. The van der Waals surface area contributed by atoms with Crippen LogP contribution in [0.4, 0.5) is 10.1 Å². The van der Waals surface area contributed by atoms with Crippen LogP contribution >= 0.6 is 0 Å². The molecule has 2 N–H and O–H groups in total. The van der Waals surface area contributed by atoms with E-state index >= 15 is 0 Å². The van der Waals surface area contributed by atoms with Crippen molar-refractivity contribution in [1.82, 2.24) is 4.90 Å². The van der Waals surface area contributed by atoms with Gasteiger partial charge in [0.05, 0.1) is 0 Å². The van der Waals surface area contributed by atoms with Crippen LogP contribution in [0.5, 0.6) is 0 Å². The smallest absolute Gasteiger partial charge is 0.129 e. The molecule has 3 heteroatoms. The predicted octanol–water partition coefficient (Wildman–Crippen LogP) is 3.03. The first-order valence-electron chi connectivity index (χ1n) is 6.41. The number of anilines is 1. The second-order valence-corrected chi connectivity index (χ2v) is 5.16. The van der Waals surface area contributed by atoms with Crippen LogP contribution in [0.2, 0.25) is 0 Å². The molecule has 2 rings (SSSR count). The van der Waals surface area contributed by atoms with E-state index in [2.05, 4.69) is 11.8 Å². The van der Waals surface area contributed by atoms with Gasteiger partial charge >= 0.3 is 0 Å². The van der Waals surface area contributed by atoms with Crippen molar-refractivity contribution in [1.29, 1.82) is 0 Å². The lowest BCUT2D eigenvalue weighted by molar-refractivity contribution is 0.270. The van der Waals surface area contributed by atoms with Gasteiger partial charge in [0, 0.05) is 17.8 Å².